The van der Waals surface area contributed by atoms with Crippen molar-refractivity contribution in [2.75, 3.05) is 18.6 Å². The van der Waals surface area contributed by atoms with Gasteiger partial charge in [0.2, 0.25) is 0 Å². The minimum Gasteiger partial charge on any atom is -0.441 e. The number of carbonyl (C=O) groups excluding carboxylic acids is 1. The molecule has 0 aliphatic rings. The van der Waals surface area contributed by atoms with Gasteiger partial charge in [-0.1, -0.05) is 51.9 Å². The van der Waals surface area contributed by atoms with Gasteiger partial charge in [-0.05, 0) is 36.1 Å². The molecule has 1 rings (SSSR count). The first-order chi connectivity index (χ1) is 12.9. The highest BCUT2D eigenvalue weighted by molar-refractivity contribution is 7.90. The Morgan fingerprint density at radius 2 is 1.78 bits per heavy atom. The maximum atomic E-state index is 12.0. The van der Waals surface area contributed by atoms with Crippen molar-refractivity contribution in [2.24, 2.45) is 0 Å². The number of rotatable bonds is 15. The van der Waals surface area contributed by atoms with Crippen molar-refractivity contribution in [3.05, 3.63) is 22.4 Å². The Morgan fingerprint density at radius 3 is 2.37 bits per heavy atom. The number of nitrogens with one attached hydrogen (secondary N) is 1. The van der Waals surface area contributed by atoms with Crippen molar-refractivity contribution in [3.63, 3.8) is 0 Å². The van der Waals surface area contributed by atoms with Crippen molar-refractivity contribution in [3.8, 4) is 0 Å². The normalized spacial score (nSPS) is 12.7. The molecule has 0 aliphatic heterocycles. The molecule has 0 radical (unpaired) electrons. The van der Waals surface area contributed by atoms with Gasteiger partial charge >= 0.3 is 6.09 Å². The van der Waals surface area contributed by atoms with Gasteiger partial charge in [0.25, 0.3) is 0 Å². The smallest absolute Gasteiger partial charge is 0.407 e. The predicted octanol–water partition coefficient (Wildman–Crippen LogP) is 5.48. The molecule has 0 spiro atoms. The lowest BCUT2D eigenvalue weighted by atomic mass is 10.0. The summed E-state index contributed by atoms with van der Waals surface area (Å²) in [5.41, 5.74) is 1.04. The number of sulfone groups is 1. The average molecular weight is 418 g/mol. The summed E-state index contributed by atoms with van der Waals surface area (Å²) >= 11 is 1.60. The van der Waals surface area contributed by atoms with Gasteiger partial charge in [-0.3, -0.25) is 0 Å². The number of alkyl carbamates (subject to hydrolysis) is 1. The van der Waals surface area contributed by atoms with E-state index in [2.05, 4.69) is 12.2 Å². The molecule has 1 aromatic rings. The van der Waals surface area contributed by atoms with Crippen LogP contribution in [-0.4, -0.2) is 33.1 Å². The molecule has 1 atom stereocenters. The molecule has 1 unspecified atom stereocenters. The molecule has 0 saturated heterocycles. The van der Waals surface area contributed by atoms with E-state index in [9.17, 15) is 13.2 Å². The molecule has 156 valence electrons. The van der Waals surface area contributed by atoms with Crippen LogP contribution in [0.3, 0.4) is 0 Å². The van der Waals surface area contributed by atoms with Crippen LogP contribution in [0.15, 0.2) is 16.8 Å². The molecular weight excluding hydrogens is 382 g/mol. The number of thiophene rings is 1. The second-order valence-corrected chi connectivity index (χ2v) is 10.2. The van der Waals surface area contributed by atoms with Crippen molar-refractivity contribution in [2.45, 2.75) is 77.2 Å². The van der Waals surface area contributed by atoms with Gasteiger partial charge in [0.1, 0.15) is 15.9 Å². The topological polar surface area (TPSA) is 72.5 Å². The average Bonchev–Trinajstić information content (AvgIpc) is 3.14. The van der Waals surface area contributed by atoms with Crippen molar-refractivity contribution < 1.29 is 17.9 Å². The Labute approximate surface area is 168 Å². The van der Waals surface area contributed by atoms with E-state index in [4.69, 9.17) is 4.74 Å². The largest absolute Gasteiger partial charge is 0.441 e. The molecule has 1 amide bonds. The lowest BCUT2D eigenvalue weighted by Gasteiger charge is -2.17. The zero-order valence-corrected chi connectivity index (χ0v) is 18.4. The first kappa shape index (κ1) is 24.0. The van der Waals surface area contributed by atoms with Crippen molar-refractivity contribution >= 4 is 27.3 Å². The van der Waals surface area contributed by atoms with E-state index in [1.807, 2.05) is 16.8 Å². The number of hydrogen-bond acceptors (Lipinski definition) is 5. The summed E-state index contributed by atoms with van der Waals surface area (Å²) in [7, 11) is -3.00. The molecule has 0 fully saturated rings. The summed E-state index contributed by atoms with van der Waals surface area (Å²) in [5, 5.41) is 6.67. The van der Waals surface area contributed by atoms with E-state index in [-0.39, 0.29) is 11.9 Å². The molecule has 1 aromatic heterocycles. The van der Waals surface area contributed by atoms with Crippen LogP contribution in [0.5, 0.6) is 0 Å². The quantitative estimate of drug-likeness (QED) is 0.383. The van der Waals surface area contributed by atoms with Crippen LogP contribution in [0.4, 0.5) is 4.79 Å². The Morgan fingerprint density at radius 1 is 1.11 bits per heavy atom. The van der Waals surface area contributed by atoms with Crippen LogP contribution in [0.25, 0.3) is 0 Å². The minimum absolute atomic E-state index is 0.0689. The zero-order valence-electron chi connectivity index (χ0n) is 16.7. The lowest BCUT2D eigenvalue weighted by molar-refractivity contribution is 0.0910. The number of carbonyl (C=O) groups is 1. The number of ether oxygens (including phenoxy) is 1. The zero-order chi connectivity index (χ0) is 20.0. The fraction of sp³-hybridized carbons (Fsp3) is 0.750. The molecule has 0 aliphatic carbocycles. The van der Waals surface area contributed by atoms with E-state index in [0.29, 0.717) is 13.0 Å². The highest BCUT2D eigenvalue weighted by Crippen LogP contribution is 2.26. The second kappa shape index (κ2) is 14.0. The number of unbranched alkanes of at least 4 members (excludes halogenated alkanes) is 7. The fourth-order valence-corrected chi connectivity index (χ4v) is 4.28. The van der Waals surface area contributed by atoms with Gasteiger partial charge in [-0.25, -0.2) is 13.2 Å². The summed E-state index contributed by atoms with van der Waals surface area (Å²) in [5.74, 6) is 0.0689. The van der Waals surface area contributed by atoms with Crippen molar-refractivity contribution in [1.29, 1.82) is 0 Å². The van der Waals surface area contributed by atoms with Gasteiger partial charge in [0, 0.05) is 18.4 Å². The summed E-state index contributed by atoms with van der Waals surface area (Å²) in [6.07, 6.45) is 11.7. The highest BCUT2D eigenvalue weighted by atomic mass is 32.2. The van der Waals surface area contributed by atoms with E-state index in [0.717, 1.165) is 24.8 Å². The third kappa shape index (κ3) is 12.8. The SMILES string of the molecule is CCCCCCCCCCC(OC(=O)NCCCS(C)(=O)=O)c1ccsc1. The van der Waals surface area contributed by atoms with Gasteiger partial charge in [0.15, 0.2) is 0 Å². The third-order valence-electron chi connectivity index (χ3n) is 4.45. The maximum Gasteiger partial charge on any atom is 0.407 e. The van der Waals surface area contributed by atoms with Crippen LogP contribution < -0.4 is 5.32 Å². The molecule has 0 aromatic carbocycles. The third-order valence-corrected chi connectivity index (χ3v) is 6.18. The summed E-state index contributed by atoms with van der Waals surface area (Å²) in [6, 6.07) is 2.00. The molecule has 1 N–H and O–H groups in total. The molecule has 5 nitrogen and oxygen atoms in total. The number of hydrogen-bond donors (Lipinski definition) is 1. The fourth-order valence-electron chi connectivity index (χ4n) is 2.91. The Balaban J connectivity index is 2.28. The summed E-state index contributed by atoms with van der Waals surface area (Å²) < 4.78 is 27.8. The molecule has 0 bridgehead atoms. The van der Waals surface area contributed by atoms with Crippen LogP contribution in [0.1, 0.15) is 82.8 Å². The molecular formula is C20H35NO4S2. The van der Waals surface area contributed by atoms with Gasteiger partial charge in [0.05, 0.1) is 5.75 Å². The van der Waals surface area contributed by atoms with Crippen molar-refractivity contribution in [1.82, 2.24) is 5.32 Å². The number of amides is 1. The molecule has 27 heavy (non-hydrogen) atoms. The van der Waals surface area contributed by atoms with E-state index in [1.165, 1.54) is 44.8 Å². The maximum absolute atomic E-state index is 12.0. The van der Waals surface area contributed by atoms with Crippen LogP contribution in [0.2, 0.25) is 0 Å². The molecule has 7 heteroatoms. The minimum atomic E-state index is -3.00. The van der Waals surface area contributed by atoms with Crippen LogP contribution in [0, 0.1) is 0 Å². The highest BCUT2D eigenvalue weighted by Gasteiger charge is 2.17. The van der Waals surface area contributed by atoms with E-state index in [1.54, 1.807) is 11.3 Å². The lowest BCUT2D eigenvalue weighted by Crippen LogP contribution is -2.28. The summed E-state index contributed by atoms with van der Waals surface area (Å²) in [6.45, 7) is 2.53. The first-order valence-corrected chi connectivity index (χ1v) is 13.1. The Bertz CT molecular complexity index is 600. The Hall–Kier alpha value is -1.08. The second-order valence-electron chi connectivity index (χ2n) is 7.12. The Kier molecular flexibility index (Phi) is 12.4. The van der Waals surface area contributed by atoms with Crippen LogP contribution >= 0.6 is 11.3 Å². The predicted molar refractivity (Wildman–Crippen MR) is 113 cm³/mol. The van der Waals surface area contributed by atoms with Crippen LogP contribution in [-0.2, 0) is 14.6 Å². The van der Waals surface area contributed by atoms with E-state index < -0.39 is 15.9 Å². The van der Waals surface area contributed by atoms with Gasteiger partial charge < -0.3 is 10.1 Å². The van der Waals surface area contributed by atoms with Gasteiger partial charge in [-0.2, -0.15) is 11.3 Å². The van der Waals surface area contributed by atoms with E-state index >= 15 is 0 Å². The van der Waals surface area contributed by atoms with Gasteiger partial charge in [-0.15, -0.1) is 0 Å². The first-order valence-electron chi connectivity index (χ1n) is 10.1. The summed E-state index contributed by atoms with van der Waals surface area (Å²) in [4.78, 5) is 12.0. The molecule has 1 heterocycles. The molecule has 0 saturated carbocycles. The monoisotopic (exact) mass is 417 g/mol. The standard InChI is InChI=1S/C20H35NO4S2/c1-3-4-5-6-7-8-9-10-12-19(18-13-15-26-17-18)25-20(22)21-14-11-16-27(2,23)24/h13,15,17,19H,3-12,14,16H2,1-2H3,(H,21,22).